The molecule has 0 saturated heterocycles. The molecule has 0 heterocycles. The van der Waals surface area contributed by atoms with Gasteiger partial charge in [0.25, 0.3) is 0 Å². The van der Waals surface area contributed by atoms with E-state index in [1.807, 2.05) is 36.2 Å². The number of aromatic carboxylic acids is 1. The molecule has 0 aliphatic heterocycles. The van der Waals surface area contributed by atoms with Gasteiger partial charge in [-0.1, -0.05) is 12.1 Å². The Morgan fingerprint density at radius 2 is 1.75 bits per heavy atom. The summed E-state index contributed by atoms with van der Waals surface area (Å²) in [5.74, 6) is -0.919. The van der Waals surface area contributed by atoms with E-state index in [1.165, 1.54) is 0 Å². The fourth-order valence-electron chi connectivity index (χ4n) is 1.91. The lowest BCUT2D eigenvalue weighted by Gasteiger charge is -2.19. The first-order valence-electron chi connectivity index (χ1n) is 6.13. The van der Waals surface area contributed by atoms with Gasteiger partial charge in [-0.15, -0.1) is 0 Å². The van der Waals surface area contributed by atoms with Crippen LogP contribution in [0.25, 0.3) is 0 Å². The fourth-order valence-corrected chi connectivity index (χ4v) is 1.91. The van der Waals surface area contributed by atoms with Crippen LogP contribution >= 0.6 is 0 Å². The fraction of sp³-hybridized carbons (Fsp3) is 0.125. The number of hydrogen-bond donors (Lipinski definition) is 1. The Kier molecular flexibility index (Phi) is 4.02. The highest BCUT2D eigenvalue weighted by Crippen LogP contribution is 2.16. The monoisotopic (exact) mass is 266 g/mol. The van der Waals surface area contributed by atoms with Crippen molar-refractivity contribution in [2.45, 2.75) is 6.54 Å². The molecule has 2 aromatic rings. The van der Waals surface area contributed by atoms with Gasteiger partial charge in [0.2, 0.25) is 0 Å². The van der Waals surface area contributed by atoms with E-state index < -0.39 is 5.97 Å². The van der Waals surface area contributed by atoms with Crippen LogP contribution in [-0.4, -0.2) is 18.1 Å². The molecule has 0 radical (unpaired) electrons. The zero-order valence-electron chi connectivity index (χ0n) is 11.1. The van der Waals surface area contributed by atoms with E-state index in [2.05, 4.69) is 6.07 Å². The van der Waals surface area contributed by atoms with Crippen LogP contribution in [0, 0.1) is 11.3 Å². The second-order valence-corrected chi connectivity index (χ2v) is 4.52. The van der Waals surface area contributed by atoms with E-state index in [9.17, 15) is 4.79 Å². The van der Waals surface area contributed by atoms with Crippen molar-refractivity contribution >= 4 is 11.7 Å². The third-order valence-electron chi connectivity index (χ3n) is 3.06. The van der Waals surface area contributed by atoms with Crippen LogP contribution in [0.15, 0.2) is 48.5 Å². The van der Waals surface area contributed by atoms with Crippen LogP contribution in [0.1, 0.15) is 21.5 Å². The molecule has 1 N–H and O–H groups in total. The largest absolute Gasteiger partial charge is 0.478 e. The molecule has 0 bridgehead atoms. The van der Waals surface area contributed by atoms with Gasteiger partial charge >= 0.3 is 5.97 Å². The molecule has 4 nitrogen and oxygen atoms in total. The standard InChI is InChI=1S/C16H14N2O2/c1-18(15-8-4-12(10-17)5-9-15)11-13-2-6-14(7-3-13)16(19)20/h2-9H,11H2,1H3,(H,19,20). The summed E-state index contributed by atoms with van der Waals surface area (Å²) < 4.78 is 0. The summed E-state index contributed by atoms with van der Waals surface area (Å²) >= 11 is 0. The number of rotatable bonds is 4. The second kappa shape index (κ2) is 5.89. The first kappa shape index (κ1) is 13.6. The lowest BCUT2D eigenvalue weighted by Crippen LogP contribution is -2.16. The third kappa shape index (κ3) is 3.15. The van der Waals surface area contributed by atoms with Crippen LogP contribution in [-0.2, 0) is 6.54 Å². The second-order valence-electron chi connectivity index (χ2n) is 4.52. The maximum Gasteiger partial charge on any atom is 0.335 e. The number of nitrogens with zero attached hydrogens (tertiary/aromatic N) is 2. The van der Waals surface area contributed by atoms with Crippen molar-refractivity contribution < 1.29 is 9.90 Å². The van der Waals surface area contributed by atoms with Gasteiger partial charge in [0.15, 0.2) is 0 Å². The minimum atomic E-state index is -0.919. The first-order valence-corrected chi connectivity index (χ1v) is 6.13. The first-order chi connectivity index (χ1) is 9.60. The average molecular weight is 266 g/mol. The average Bonchev–Trinajstić information content (AvgIpc) is 2.48. The van der Waals surface area contributed by atoms with Crippen LogP contribution in [0.4, 0.5) is 5.69 Å². The summed E-state index contributed by atoms with van der Waals surface area (Å²) in [6, 6.07) is 16.2. The minimum absolute atomic E-state index is 0.287. The smallest absolute Gasteiger partial charge is 0.335 e. The summed E-state index contributed by atoms with van der Waals surface area (Å²) in [7, 11) is 1.95. The minimum Gasteiger partial charge on any atom is -0.478 e. The molecule has 20 heavy (non-hydrogen) atoms. The molecule has 2 aromatic carbocycles. The zero-order chi connectivity index (χ0) is 14.5. The Morgan fingerprint density at radius 3 is 2.25 bits per heavy atom. The van der Waals surface area contributed by atoms with E-state index in [-0.39, 0.29) is 5.56 Å². The summed E-state index contributed by atoms with van der Waals surface area (Å²) in [6.07, 6.45) is 0. The molecule has 0 aromatic heterocycles. The molecule has 0 saturated carbocycles. The van der Waals surface area contributed by atoms with E-state index in [0.29, 0.717) is 12.1 Å². The number of nitriles is 1. The van der Waals surface area contributed by atoms with Crippen molar-refractivity contribution in [2.24, 2.45) is 0 Å². The summed E-state index contributed by atoms with van der Waals surface area (Å²) in [5.41, 5.74) is 2.95. The SMILES string of the molecule is CN(Cc1ccc(C(=O)O)cc1)c1ccc(C#N)cc1. The number of carboxylic acids is 1. The van der Waals surface area contributed by atoms with Crippen molar-refractivity contribution in [1.29, 1.82) is 5.26 Å². The van der Waals surface area contributed by atoms with E-state index in [0.717, 1.165) is 11.3 Å². The van der Waals surface area contributed by atoms with Gasteiger partial charge in [-0.25, -0.2) is 4.79 Å². The van der Waals surface area contributed by atoms with Gasteiger partial charge in [-0.05, 0) is 42.0 Å². The van der Waals surface area contributed by atoms with Gasteiger partial charge in [0.1, 0.15) is 0 Å². The van der Waals surface area contributed by atoms with Crippen LogP contribution in [0.3, 0.4) is 0 Å². The van der Waals surface area contributed by atoms with Crippen molar-refractivity contribution in [2.75, 3.05) is 11.9 Å². The summed E-state index contributed by atoms with van der Waals surface area (Å²) in [6.45, 7) is 0.672. The zero-order valence-corrected chi connectivity index (χ0v) is 11.1. The number of hydrogen-bond acceptors (Lipinski definition) is 3. The van der Waals surface area contributed by atoms with Crippen molar-refractivity contribution in [3.8, 4) is 6.07 Å². The van der Waals surface area contributed by atoms with Gasteiger partial charge in [-0.2, -0.15) is 5.26 Å². The van der Waals surface area contributed by atoms with Crippen LogP contribution in [0.5, 0.6) is 0 Å². The number of benzene rings is 2. The third-order valence-corrected chi connectivity index (χ3v) is 3.06. The molecule has 0 unspecified atom stereocenters. The molecule has 0 fully saturated rings. The molecule has 0 atom stereocenters. The Morgan fingerprint density at radius 1 is 1.15 bits per heavy atom. The van der Waals surface area contributed by atoms with Crippen molar-refractivity contribution in [1.82, 2.24) is 0 Å². The normalized spacial score (nSPS) is 9.80. The molecular weight excluding hydrogens is 252 g/mol. The maximum atomic E-state index is 10.8. The highest BCUT2D eigenvalue weighted by molar-refractivity contribution is 5.87. The Labute approximate surface area is 117 Å². The van der Waals surface area contributed by atoms with E-state index in [4.69, 9.17) is 10.4 Å². The molecule has 0 aliphatic carbocycles. The predicted molar refractivity (Wildman–Crippen MR) is 76.7 cm³/mol. The highest BCUT2D eigenvalue weighted by atomic mass is 16.4. The van der Waals surface area contributed by atoms with Gasteiger partial charge in [0.05, 0.1) is 17.2 Å². The molecule has 100 valence electrons. The highest BCUT2D eigenvalue weighted by Gasteiger charge is 2.05. The van der Waals surface area contributed by atoms with Crippen LogP contribution < -0.4 is 4.90 Å². The van der Waals surface area contributed by atoms with Gasteiger partial charge in [-0.3, -0.25) is 0 Å². The molecule has 0 spiro atoms. The maximum absolute atomic E-state index is 10.8. The Balaban J connectivity index is 2.08. The van der Waals surface area contributed by atoms with Gasteiger partial charge in [0, 0.05) is 19.3 Å². The lowest BCUT2D eigenvalue weighted by atomic mass is 10.1. The molecular formula is C16H14N2O2. The lowest BCUT2D eigenvalue weighted by molar-refractivity contribution is 0.0697. The quantitative estimate of drug-likeness (QED) is 0.924. The van der Waals surface area contributed by atoms with Crippen molar-refractivity contribution in [3.63, 3.8) is 0 Å². The predicted octanol–water partition coefficient (Wildman–Crippen LogP) is 2.89. The molecule has 2 rings (SSSR count). The molecule has 4 heteroatoms. The summed E-state index contributed by atoms with van der Waals surface area (Å²) in [5, 5.41) is 17.6. The Hall–Kier alpha value is -2.80. The molecule has 0 amide bonds. The number of carbonyl (C=O) groups is 1. The van der Waals surface area contributed by atoms with Crippen molar-refractivity contribution in [3.05, 3.63) is 65.2 Å². The van der Waals surface area contributed by atoms with Crippen LogP contribution in [0.2, 0.25) is 0 Å². The summed E-state index contributed by atoms with van der Waals surface area (Å²) in [4.78, 5) is 12.8. The van der Waals surface area contributed by atoms with E-state index in [1.54, 1.807) is 24.3 Å². The van der Waals surface area contributed by atoms with Gasteiger partial charge < -0.3 is 10.0 Å². The topological polar surface area (TPSA) is 64.3 Å². The van der Waals surface area contributed by atoms with E-state index >= 15 is 0 Å². The number of carboxylic acid groups (broad SMARTS) is 1. The number of anilines is 1. The Bertz CT molecular complexity index is 640. The molecule has 0 aliphatic rings.